The first-order chi connectivity index (χ1) is 12.1. The van der Waals surface area contributed by atoms with E-state index < -0.39 is 5.97 Å². The molecule has 0 aliphatic carbocycles. The average Bonchev–Trinajstić information content (AvgIpc) is 2.99. The predicted molar refractivity (Wildman–Crippen MR) is 91.8 cm³/mol. The van der Waals surface area contributed by atoms with Crippen LogP contribution in [-0.2, 0) is 4.74 Å². The monoisotopic (exact) mass is 336 g/mol. The minimum Gasteiger partial charge on any atom is -0.461 e. The van der Waals surface area contributed by atoms with Crippen LogP contribution >= 0.6 is 0 Å². The van der Waals surface area contributed by atoms with Gasteiger partial charge in [0.05, 0.1) is 12.3 Å². The summed E-state index contributed by atoms with van der Waals surface area (Å²) in [6.07, 6.45) is 1.74. The molecule has 2 heterocycles. The van der Waals surface area contributed by atoms with E-state index in [4.69, 9.17) is 4.74 Å². The van der Waals surface area contributed by atoms with E-state index in [0.717, 1.165) is 0 Å². The number of rotatable bonds is 5. The van der Waals surface area contributed by atoms with Gasteiger partial charge in [-0.3, -0.25) is 9.20 Å². The number of azo groups is 1. The predicted octanol–water partition coefficient (Wildman–Crippen LogP) is 4.13. The van der Waals surface area contributed by atoms with Crippen LogP contribution < -0.4 is 0 Å². The molecule has 0 saturated carbocycles. The van der Waals surface area contributed by atoms with Gasteiger partial charge >= 0.3 is 5.97 Å². The lowest BCUT2D eigenvalue weighted by atomic mass is 10.1. The second kappa shape index (κ2) is 7.04. The number of benzene rings is 1. The molecule has 7 heteroatoms. The van der Waals surface area contributed by atoms with Crippen molar-refractivity contribution in [3.05, 3.63) is 59.9 Å². The number of ketones is 1. The van der Waals surface area contributed by atoms with E-state index in [-0.39, 0.29) is 23.9 Å². The Hall–Kier alpha value is -3.35. The highest BCUT2D eigenvalue weighted by Crippen LogP contribution is 2.25. The molecule has 0 amide bonds. The largest absolute Gasteiger partial charge is 0.461 e. The number of aromatic nitrogens is 2. The maximum atomic E-state index is 12.1. The first-order valence-electron chi connectivity index (χ1n) is 7.77. The van der Waals surface area contributed by atoms with Crippen LogP contribution in [0.1, 0.15) is 34.7 Å². The Morgan fingerprint density at radius 2 is 2.00 bits per heavy atom. The smallest absolute Gasteiger partial charge is 0.360 e. The van der Waals surface area contributed by atoms with Crippen molar-refractivity contribution in [3.8, 4) is 0 Å². The molecule has 126 valence electrons. The van der Waals surface area contributed by atoms with Crippen LogP contribution in [0.5, 0.6) is 0 Å². The summed E-state index contributed by atoms with van der Waals surface area (Å²) in [5, 5.41) is 8.33. The van der Waals surface area contributed by atoms with E-state index in [1.54, 1.807) is 53.9 Å². The Morgan fingerprint density at radius 3 is 2.76 bits per heavy atom. The van der Waals surface area contributed by atoms with Crippen LogP contribution in [0.3, 0.4) is 0 Å². The summed E-state index contributed by atoms with van der Waals surface area (Å²) in [6, 6.07) is 12.2. The molecule has 0 N–H and O–H groups in total. The SMILES string of the molecule is CCOC(=O)c1nc2ccccn2c1N=Nc1cccc(C(C)=O)c1. The molecule has 0 spiro atoms. The zero-order valence-electron chi connectivity index (χ0n) is 13.8. The van der Waals surface area contributed by atoms with Crippen LogP contribution in [0.15, 0.2) is 58.9 Å². The van der Waals surface area contributed by atoms with Gasteiger partial charge in [0.2, 0.25) is 0 Å². The summed E-state index contributed by atoms with van der Waals surface area (Å²) in [6.45, 7) is 3.45. The molecule has 0 aliphatic rings. The first-order valence-corrected chi connectivity index (χ1v) is 7.77. The standard InChI is InChI=1S/C18H16N4O3/c1-3-25-18(24)16-17(22-10-5-4-9-15(22)19-16)21-20-14-8-6-7-13(11-14)12(2)23/h4-11H,3H2,1-2H3. The van der Waals surface area contributed by atoms with Gasteiger partial charge in [0.25, 0.3) is 0 Å². The van der Waals surface area contributed by atoms with E-state index in [1.165, 1.54) is 6.92 Å². The molecule has 0 unspecified atom stereocenters. The summed E-state index contributed by atoms with van der Waals surface area (Å²) in [5.74, 6) is -0.334. The van der Waals surface area contributed by atoms with Gasteiger partial charge in [0, 0.05) is 11.8 Å². The van der Waals surface area contributed by atoms with Gasteiger partial charge in [-0.15, -0.1) is 10.2 Å². The number of carbonyl (C=O) groups excluding carboxylic acids is 2. The van der Waals surface area contributed by atoms with Gasteiger partial charge < -0.3 is 4.74 Å². The van der Waals surface area contributed by atoms with E-state index in [9.17, 15) is 9.59 Å². The molecule has 2 aromatic heterocycles. The number of Topliss-reactive ketones (excluding diaryl/α,β-unsaturated/α-hetero) is 1. The summed E-state index contributed by atoms with van der Waals surface area (Å²) in [4.78, 5) is 27.9. The fraction of sp³-hybridized carbons (Fsp3) is 0.167. The van der Waals surface area contributed by atoms with Crippen molar-refractivity contribution >= 4 is 28.9 Å². The van der Waals surface area contributed by atoms with Crippen molar-refractivity contribution in [1.82, 2.24) is 9.38 Å². The summed E-state index contributed by atoms with van der Waals surface area (Å²) in [7, 11) is 0. The fourth-order valence-corrected chi connectivity index (χ4v) is 2.31. The third kappa shape index (κ3) is 3.45. The van der Waals surface area contributed by atoms with E-state index in [0.29, 0.717) is 16.9 Å². The number of carbonyl (C=O) groups is 2. The lowest BCUT2D eigenvalue weighted by Crippen LogP contribution is -2.05. The molecule has 0 radical (unpaired) electrons. The summed E-state index contributed by atoms with van der Waals surface area (Å²) >= 11 is 0. The Balaban J connectivity index is 2.05. The second-order valence-electron chi connectivity index (χ2n) is 5.24. The third-order valence-electron chi connectivity index (χ3n) is 3.49. The van der Waals surface area contributed by atoms with Crippen molar-refractivity contribution in [2.24, 2.45) is 10.2 Å². The number of nitrogens with zero attached hydrogens (tertiary/aromatic N) is 4. The highest BCUT2D eigenvalue weighted by molar-refractivity contribution is 5.95. The van der Waals surface area contributed by atoms with Crippen molar-refractivity contribution in [1.29, 1.82) is 0 Å². The Bertz CT molecular complexity index is 975. The van der Waals surface area contributed by atoms with E-state index in [1.807, 2.05) is 6.07 Å². The van der Waals surface area contributed by atoms with Crippen LogP contribution in [0, 0.1) is 0 Å². The normalized spacial score (nSPS) is 11.1. The topological polar surface area (TPSA) is 85.4 Å². The number of imidazole rings is 1. The number of fused-ring (bicyclic) bond motifs is 1. The number of esters is 1. The van der Waals surface area contributed by atoms with Crippen LogP contribution in [-0.4, -0.2) is 27.7 Å². The van der Waals surface area contributed by atoms with E-state index in [2.05, 4.69) is 15.2 Å². The van der Waals surface area contributed by atoms with Gasteiger partial charge in [-0.2, -0.15) is 0 Å². The van der Waals surface area contributed by atoms with Crippen molar-refractivity contribution in [3.63, 3.8) is 0 Å². The molecular weight excluding hydrogens is 320 g/mol. The van der Waals surface area contributed by atoms with Crippen molar-refractivity contribution in [2.75, 3.05) is 6.61 Å². The Labute approximate surface area is 144 Å². The fourth-order valence-electron chi connectivity index (χ4n) is 2.31. The Morgan fingerprint density at radius 1 is 1.16 bits per heavy atom. The minimum atomic E-state index is -0.558. The lowest BCUT2D eigenvalue weighted by molar-refractivity contribution is 0.0521. The maximum absolute atomic E-state index is 12.1. The average molecular weight is 336 g/mol. The molecule has 3 aromatic rings. The van der Waals surface area contributed by atoms with Gasteiger partial charge in [0.1, 0.15) is 5.65 Å². The van der Waals surface area contributed by atoms with E-state index >= 15 is 0 Å². The quantitative estimate of drug-likeness (QED) is 0.398. The molecule has 0 atom stereocenters. The first kappa shape index (κ1) is 16.5. The summed E-state index contributed by atoms with van der Waals surface area (Å²) < 4.78 is 6.70. The zero-order valence-corrected chi connectivity index (χ0v) is 13.8. The van der Waals surface area contributed by atoms with Crippen LogP contribution in [0.4, 0.5) is 11.5 Å². The highest BCUT2D eigenvalue weighted by Gasteiger charge is 2.20. The zero-order chi connectivity index (χ0) is 17.8. The number of pyridine rings is 1. The molecule has 3 rings (SSSR count). The molecular formula is C18H16N4O3. The second-order valence-corrected chi connectivity index (χ2v) is 5.24. The van der Waals surface area contributed by atoms with Gasteiger partial charge in [0.15, 0.2) is 17.3 Å². The summed E-state index contributed by atoms with van der Waals surface area (Å²) in [5.41, 5.74) is 1.71. The van der Waals surface area contributed by atoms with Crippen LogP contribution in [0.25, 0.3) is 5.65 Å². The molecule has 1 aromatic carbocycles. The van der Waals surface area contributed by atoms with Crippen LogP contribution in [0.2, 0.25) is 0 Å². The number of ether oxygens (including phenoxy) is 1. The third-order valence-corrected chi connectivity index (χ3v) is 3.49. The van der Waals surface area contributed by atoms with Gasteiger partial charge in [-0.25, -0.2) is 9.78 Å². The molecule has 0 saturated heterocycles. The molecule has 0 bridgehead atoms. The minimum absolute atomic E-state index is 0.0564. The lowest BCUT2D eigenvalue weighted by Gasteiger charge is -2.00. The highest BCUT2D eigenvalue weighted by atomic mass is 16.5. The Kier molecular flexibility index (Phi) is 4.65. The number of hydrogen-bond donors (Lipinski definition) is 0. The van der Waals surface area contributed by atoms with Gasteiger partial charge in [-0.05, 0) is 38.1 Å². The van der Waals surface area contributed by atoms with Crippen molar-refractivity contribution < 1.29 is 14.3 Å². The molecule has 25 heavy (non-hydrogen) atoms. The number of hydrogen-bond acceptors (Lipinski definition) is 6. The molecule has 7 nitrogen and oxygen atoms in total. The maximum Gasteiger partial charge on any atom is 0.360 e. The molecule has 0 fully saturated rings. The molecule has 0 aliphatic heterocycles. The van der Waals surface area contributed by atoms with Gasteiger partial charge in [-0.1, -0.05) is 18.2 Å². The van der Waals surface area contributed by atoms with Crippen molar-refractivity contribution in [2.45, 2.75) is 13.8 Å².